The van der Waals surface area contributed by atoms with Crippen LogP contribution in [-0.2, 0) is 0 Å². The first-order valence-corrected chi connectivity index (χ1v) is 7.16. The zero-order valence-corrected chi connectivity index (χ0v) is 12.3. The Morgan fingerprint density at radius 3 is 2.76 bits per heavy atom. The molecule has 1 unspecified atom stereocenters. The quantitative estimate of drug-likeness (QED) is 0.771. The third kappa shape index (κ3) is 4.99. The van der Waals surface area contributed by atoms with Gasteiger partial charge in [0.15, 0.2) is 0 Å². The number of piperazine rings is 1. The van der Waals surface area contributed by atoms with Crippen LogP contribution >= 0.6 is 0 Å². The van der Waals surface area contributed by atoms with E-state index >= 15 is 0 Å². The van der Waals surface area contributed by atoms with E-state index in [1.165, 1.54) is 0 Å². The minimum atomic E-state index is -0.614. The van der Waals surface area contributed by atoms with Gasteiger partial charge in [0.25, 0.3) is 0 Å². The normalized spacial score (nSPS) is 18.1. The van der Waals surface area contributed by atoms with E-state index < -0.39 is 6.10 Å². The van der Waals surface area contributed by atoms with Crippen molar-refractivity contribution in [3.63, 3.8) is 0 Å². The van der Waals surface area contributed by atoms with Crippen LogP contribution in [0.5, 0.6) is 5.75 Å². The van der Waals surface area contributed by atoms with Crippen molar-refractivity contribution in [1.29, 1.82) is 5.26 Å². The summed E-state index contributed by atoms with van der Waals surface area (Å²) in [6, 6.07) is 9.10. The van der Waals surface area contributed by atoms with E-state index in [0.717, 1.165) is 26.2 Å². The molecule has 0 aliphatic carbocycles. The molecule has 0 aromatic heterocycles. The number of hydrazine groups is 1. The maximum absolute atomic E-state index is 9.95. The molecular formula is C15H22N4O2. The Hall–Kier alpha value is -1.65. The molecule has 0 bridgehead atoms. The van der Waals surface area contributed by atoms with Crippen LogP contribution in [0.1, 0.15) is 5.56 Å². The number of likely N-dealkylation sites (N-methyl/N-ethyl adjacent to an activating group) is 1. The maximum Gasteiger partial charge on any atom is 0.137 e. The van der Waals surface area contributed by atoms with E-state index in [4.69, 9.17) is 10.00 Å². The number of nitrogens with zero attached hydrogens (tertiary/aromatic N) is 3. The Balaban J connectivity index is 1.70. The van der Waals surface area contributed by atoms with E-state index in [2.05, 4.69) is 28.5 Å². The summed E-state index contributed by atoms with van der Waals surface area (Å²) in [5.41, 5.74) is 3.70. The van der Waals surface area contributed by atoms with Crippen LogP contribution in [0.2, 0.25) is 0 Å². The maximum atomic E-state index is 9.95. The highest BCUT2D eigenvalue weighted by molar-refractivity contribution is 5.42. The van der Waals surface area contributed by atoms with Crippen LogP contribution in [0.15, 0.2) is 24.3 Å². The van der Waals surface area contributed by atoms with E-state index in [1.807, 2.05) is 6.07 Å². The average molecular weight is 290 g/mol. The van der Waals surface area contributed by atoms with Crippen molar-refractivity contribution in [3.05, 3.63) is 29.8 Å². The van der Waals surface area contributed by atoms with Crippen molar-refractivity contribution < 1.29 is 9.84 Å². The summed E-state index contributed by atoms with van der Waals surface area (Å²) >= 11 is 0. The number of aliphatic hydroxyl groups is 1. The molecule has 6 nitrogen and oxygen atoms in total. The van der Waals surface area contributed by atoms with Crippen LogP contribution in [0.3, 0.4) is 0 Å². The highest BCUT2D eigenvalue weighted by atomic mass is 16.5. The van der Waals surface area contributed by atoms with E-state index in [9.17, 15) is 5.11 Å². The molecular weight excluding hydrogens is 268 g/mol. The third-order valence-corrected chi connectivity index (χ3v) is 3.49. The zero-order chi connectivity index (χ0) is 15.1. The summed E-state index contributed by atoms with van der Waals surface area (Å²) < 4.78 is 5.51. The first-order chi connectivity index (χ1) is 10.2. The second kappa shape index (κ2) is 7.96. The number of nitriles is 1. The highest BCUT2D eigenvalue weighted by Crippen LogP contribution is 2.16. The van der Waals surface area contributed by atoms with Gasteiger partial charge in [0.05, 0.1) is 5.56 Å². The van der Waals surface area contributed by atoms with E-state index in [-0.39, 0.29) is 6.61 Å². The zero-order valence-electron chi connectivity index (χ0n) is 12.3. The van der Waals surface area contributed by atoms with Crippen molar-refractivity contribution >= 4 is 0 Å². The molecule has 1 fully saturated rings. The number of nitrogens with one attached hydrogen (secondary N) is 1. The topological polar surface area (TPSA) is 71.8 Å². The Bertz CT molecular complexity index is 481. The fraction of sp³-hybridized carbons (Fsp3) is 0.533. The SMILES string of the molecule is CN1CCN(NCC(O)COc2ccccc2C#N)CC1. The molecule has 21 heavy (non-hydrogen) atoms. The van der Waals surface area contributed by atoms with Gasteiger partial charge < -0.3 is 14.7 Å². The first kappa shape index (κ1) is 15.7. The van der Waals surface area contributed by atoms with Gasteiger partial charge in [-0.1, -0.05) is 12.1 Å². The number of hydrogen-bond donors (Lipinski definition) is 2. The van der Waals surface area contributed by atoms with Gasteiger partial charge >= 0.3 is 0 Å². The van der Waals surface area contributed by atoms with Gasteiger partial charge in [0, 0.05) is 32.7 Å². The lowest BCUT2D eigenvalue weighted by molar-refractivity contribution is 0.0548. The van der Waals surface area contributed by atoms with Gasteiger partial charge in [-0.2, -0.15) is 5.26 Å². The lowest BCUT2D eigenvalue weighted by Crippen LogP contribution is -2.52. The smallest absolute Gasteiger partial charge is 0.137 e. The van der Waals surface area contributed by atoms with Crippen molar-refractivity contribution in [2.45, 2.75) is 6.10 Å². The van der Waals surface area contributed by atoms with E-state index in [1.54, 1.807) is 18.2 Å². The van der Waals surface area contributed by atoms with Crippen LogP contribution in [0.25, 0.3) is 0 Å². The summed E-state index contributed by atoms with van der Waals surface area (Å²) in [6.45, 7) is 4.55. The number of benzene rings is 1. The summed E-state index contributed by atoms with van der Waals surface area (Å²) in [7, 11) is 2.10. The van der Waals surface area contributed by atoms with E-state index in [0.29, 0.717) is 17.9 Å². The fourth-order valence-corrected chi connectivity index (χ4v) is 2.13. The number of rotatable bonds is 6. The van der Waals surface area contributed by atoms with Gasteiger partial charge in [-0.15, -0.1) is 0 Å². The molecule has 0 amide bonds. The second-order valence-electron chi connectivity index (χ2n) is 5.23. The molecule has 114 valence electrons. The molecule has 1 aliphatic rings. The largest absolute Gasteiger partial charge is 0.489 e. The van der Waals surface area contributed by atoms with Crippen LogP contribution in [0, 0.1) is 11.3 Å². The van der Waals surface area contributed by atoms with Crippen LogP contribution in [-0.4, -0.2) is 67.5 Å². The number of para-hydroxylation sites is 1. The standard InChI is InChI=1S/C15H22N4O2/c1-18-6-8-19(9-7-18)17-11-14(20)12-21-15-5-3-2-4-13(15)10-16/h2-5,14,17,20H,6-9,11-12H2,1H3. The van der Waals surface area contributed by atoms with Gasteiger partial charge in [-0.05, 0) is 19.2 Å². The van der Waals surface area contributed by atoms with Gasteiger partial charge in [-0.25, -0.2) is 5.01 Å². The first-order valence-electron chi connectivity index (χ1n) is 7.16. The third-order valence-electron chi connectivity index (χ3n) is 3.49. The molecule has 0 spiro atoms. The van der Waals surface area contributed by atoms with Gasteiger partial charge in [0.2, 0.25) is 0 Å². The van der Waals surface area contributed by atoms with Crippen molar-refractivity contribution in [2.24, 2.45) is 0 Å². The fourth-order valence-electron chi connectivity index (χ4n) is 2.13. The minimum Gasteiger partial charge on any atom is -0.489 e. The van der Waals surface area contributed by atoms with Crippen molar-refractivity contribution in [3.8, 4) is 11.8 Å². The van der Waals surface area contributed by atoms with Crippen molar-refractivity contribution in [1.82, 2.24) is 15.3 Å². The van der Waals surface area contributed by atoms with Gasteiger partial charge in [-0.3, -0.25) is 5.43 Å². The number of ether oxygens (including phenoxy) is 1. The van der Waals surface area contributed by atoms with Crippen LogP contribution < -0.4 is 10.2 Å². The van der Waals surface area contributed by atoms with Gasteiger partial charge in [0.1, 0.15) is 24.5 Å². The number of hydrogen-bond acceptors (Lipinski definition) is 6. The lowest BCUT2D eigenvalue weighted by atomic mass is 10.2. The van der Waals surface area contributed by atoms with Crippen LogP contribution in [0.4, 0.5) is 0 Å². The molecule has 1 saturated heterocycles. The summed E-state index contributed by atoms with van der Waals surface area (Å²) in [5, 5.41) is 21.0. The lowest BCUT2D eigenvalue weighted by Gasteiger charge is -2.33. The number of aliphatic hydroxyl groups excluding tert-OH is 1. The molecule has 2 rings (SSSR count). The summed E-state index contributed by atoms with van der Waals surface area (Å²) in [4.78, 5) is 2.27. The predicted molar refractivity (Wildman–Crippen MR) is 79.7 cm³/mol. The Labute approximate surface area is 125 Å². The predicted octanol–water partition coefficient (Wildman–Crippen LogP) is 0.0500. The highest BCUT2D eigenvalue weighted by Gasteiger charge is 2.15. The average Bonchev–Trinajstić information content (AvgIpc) is 2.52. The second-order valence-corrected chi connectivity index (χ2v) is 5.23. The molecule has 1 aromatic carbocycles. The minimum absolute atomic E-state index is 0.166. The summed E-state index contributed by atoms with van der Waals surface area (Å²) in [6.07, 6.45) is -0.614. The monoisotopic (exact) mass is 290 g/mol. The molecule has 0 saturated carbocycles. The van der Waals surface area contributed by atoms with Crippen molar-refractivity contribution in [2.75, 3.05) is 46.4 Å². The molecule has 2 N–H and O–H groups in total. The Kier molecular flexibility index (Phi) is 5.96. The molecule has 6 heteroatoms. The molecule has 1 atom stereocenters. The molecule has 1 heterocycles. The Morgan fingerprint density at radius 1 is 1.33 bits per heavy atom. The molecule has 0 radical (unpaired) electrons. The summed E-state index contributed by atoms with van der Waals surface area (Å²) in [5.74, 6) is 0.513. The Morgan fingerprint density at radius 2 is 2.05 bits per heavy atom. The molecule has 1 aromatic rings. The molecule has 1 aliphatic heterocycles.